The average Bonchev–Trinajstić information content (AvgIpc) is 2.42. The number of nitrogens with one attached hydrogen (secondary N) is 1. The van der Waals surface area contributed by atoms with Gasteiger partial charge >= 0.3 is 5.97 Å². The SMILES string of the molecule is CCCNC(CN(C)c1cccc(OC)c1)C(=O)O. The largest absolute Gasteiger partial charge is 0.497 e. The Labute approximate surface area is 114 Å². The van der Waals surface area contributed by atoms with Gasteiger partial charge in [0.25, 0.3) is 0 Å². The fourth-order valence-corrected chi connectivity index (χ4v) is 1.78. The van der Waals surface area contributed by atoms with E-state index in [0.29, 0.717) is 13.1 Å². The molecule has 5 heteroatoms. The number of likely N-dealkylation sites (N-methyl/N-ethyl adjacent to an activating group) is 1. The molecule has 106 valence electrons. The van der Waals surface area contributed by atoms with Crippen LogP contribution in [0.1, 0.15) is 13.3 Å². The van der Waals surface area contributed by atoms with E-state index in [0.717, 1.165) is 17.9 Å². The zero-order valence-corrected chi connectivity index (χ0v) is 11.7. The van der Waals surface area contributed by atoms with Crippen LogP contribution < -0.4 is 15.0 Å². The quantitative estimate of drug-likeness (QED) is 0.748. The van der Waals surface area contributed by atoms with Crippen molar-refractivity contribution in [2.24, 2.45) is 0 Å². The molecule has 0 bridgehead atoms. The second-order valence-corrected chi connectivity index (χ2v) is 4.43. The predicted octanol–water partition coefficient (Wildman–Crippen LogP) is 1.58. The summed E-state index contributed by atoms with van der Waals surface area (Å²) in [6.07, 6.45) is 0.909. The molecule has 1 unspecified atom stereocenters. The standard InChI is InChI=1S/C14H22N2O3/c1-4-8-15-13(14(17)18)10-16(2)11-6-5-7-12(9-11)19-3/h5-7,9,13,15H,4,8,10H2,1-3H3,(H,17,18). The molecule has 0 saturated carbocycles. The van der Waals surface area contributed by atoms with Crippen molar-refractivity contribution in [3.63, 3.8) is 0 Å². The number of hydrogen-bond donors (Lipinski definition) is 2. The second-order valence-electron chi connectivity index (χ2n) is 4.43. The molecule has 0 saturated heterocycles. The highest BCUT2D eigenvalue weighted by molar-refractivity contribution is 5.74. The van der Waals surface area contributed by atoms with Crippen molar-refractivity contribution < 1.29 is 14.6 Å². The fourth-order valence-electron chi connectivity index (χ4n) is 1.78. The number of carboxylic acid groups (broad SMARTS) is 1. The number of rotatable bonds is 8. The number of ether oxygens (including phenoxy) is 1. The van der Waals surface area contributed by atoms with Gasteiger partial charge in [-0.3, -0.25) is 4.79 Å². The lowest BCUT2D eigenvalue weighted by Crippen LogP contribution is -2.45. The van der Waals surface area contributed by atoms with Crippen molar-refractivity contribution in [3.05, 3.63) is 24.3 Å². The number of aliphatic carboxylic acids is 1. The molecule has 19 heavy (non-hydrogen) atoms. The van der Waals surface area contributed by atoms with Gasteiger partial charge in [0.15, 0.2) is 0 Å². The molecule has 0 aliphatic carbocycles. The minimum atomic E-state index is -0.830. The van der Waals surface area contributed by atoms with E-state index in [4.69, 9.17) is 4.74 Å². The Bertz CT molecular complexity index is 409. The van der Waals surface area contributed by atoms with E-state index in [1.807, 2.05) is 43.1 Å². The fraction of sp³-hybridized carbons (Fsp3) is 0.500. The van der Waals surface area contributed by atoms with Gasteiger partial charge in [-0.25, -0.2) is 0 Å². The zero-order valence-electron chi connectivity index (χ0n) is 11.7. The van der Waals surface area contributed by atoms with Crippen LogP contribution in [0.3, 0.4) is 0 Å². The zero-order chi connectivity index (χ0) is 14.3. The van der Waals surface area contributed by atoms with Crippen molar-refractivity contribution in [1.29, 1.82) is 0 Å². The van der Waals surface area contributed by atoms with Gasteiger partial charge in [0, 0.05) is 25.3 Å². The maximum atomic E-state index is 11.2. The first-order chi connectivity index (χ1) is 9.08. The van der Waals surface area contributed by atoms with Crippen LogP contribution in [-0.4, -0.2) is 44.4 Å². The number of carboxylic acids is 1. The minimum absolute atomic E-state index is 0.405. The molecule has 2 N–H and O–H groups in total. The molecule has 5 nitrogen and oxygen atoms in total. The van der Waals surface area contributed by atoms with E-state index in [-0.39, 0.29) is 0 Å². The van der Waals surface area contributed by atoms with Crippen molar-refractivity contribution in [2.45, 2.75) is 19.4 Å². The first-order valence-electron chi connectivity index (χ1n) is 6.39. The van der Waals surface area contributed by atoms with Crippen molar-refractivity contribution >= 4 is 11.7 Å². The Balaban J connectivity index is 2.69. The van der Waals surface area contributed by atoms with Gasteiger partial charge in [-0.15, -0.1) is 0 Å². The van der Waals surface area contributed by atoms with Crippen LogP contribution >= 0.6 is 0 Å². The first-order valence-corrected chi connectivity index (χ1v) is 6.39. The number of carbonyl (C=O) groups is 1. The van der Waals surface area contributed by atoms with Crippen molar-refractivity contribution in [1.82, 2.24) is 5.32 Å². The molecule has 0 fully saturated rings. The summed E-state index contributed by atoms with van der Waals surface area (Å²) in [5.41, 5.74) is 0.934. The number of benzene rings is 1. The Morgan fingerprint density at radius 2 is 2.26 bits per heavy atom. The highest BCUT2D eigenvalue weighted by atomic mass is 16.5. The van der Waals surface area contributed by atoms with Gasteiger partial charge < -0.3 is 20.1 Å². The van der Waals surface area contributed by atoms with Gasteiger partial charge in [0.2, 0.25) is 0 Å². The molecular formula is C14H22N2O3. The Morgan fingerprint density at radius 1 is 1.53 bits per heavy atom. The molecule has 0 aliphatic rings. The second kappa shape index (κ2) is 7.63. The number of nitrogens with zero attached hydrogens (tertiary/aromatic N) is 1. The molecule has 1 atom stereocenters. The summed E-state index contributed by atoms with van der Waals surface area (Å²) in [6, 6.07) is 7.00. The molecule has 0 heterocycles. The van der Waals surface area contributed by atoms with E-state index in [1.165, 1.54) is 0 Å². The van der Waals surface area contributed by atoms with Crippen LogP contribution in [0.15, 0.2) is 24.3 Å². The minimum Gasteiger partial charge on any atom is -0.497 e. The van der Waals surface area contributed by atoms with Crippen LogP contribution in [0.25, 0.3) is 0 Å². The predicted molar refractivity (Wildman–Crippen MR) is 76.0 cm³/mol. The first kappa shape index (κ1) is 15.3. The third-order valence-corrected chi connectivity index (χ3v) is 2.89. The van der Waals surface area contributed by atoms with E-state index in [2.05, 4.69) is 5.32 Å². The molecule has 1 aromatic rings. The summed E-state index contributed by atoms with van der Waals surface area (Å²) in [5, 5.41) is 12.2. The van der Waals surface area contributed by atoms with Gasteiger partial charge in [-0.05, 0) is 25.1 Å². The smallest absolute Gasteiger partial charge is 0.322 e. The van der Waals surface area contributed by atoms with E-state index < -0.39 is 12.0 Å². The normalized spacial score (nSPS) is 11.9. The maximum Gasteiger partial charge on any atom is 0.322 e. The molecule has 0 aromatic heterocycles. The summed E-state index contributed by atoms with van der Waals surface area (Å²) in [7, 11) is 3.49. The summed E-state index contributed by atoms with van der Waals surface area (Å²) in [5.74, 6) is -0.0686. The third kappa shape index (κ3) is 4.79. The van der Waals surface area contributed by atoms with Crippen LogP contribution in [0.5, 0.6) is 5.75 Å². The topological polar surface area (TPSA) is 61.8 Å². The van der Waals surface area contributed by atoms with E-state index in [9.17, 15) is 9.90 Å². The van der Waals surface area contributed by atoms with Gasteiger partial charge in [0.05, 0.1) is 7.11 Å². The molecule has 0 aliphatic heterocycles. The van der Waals surface area contributed by atoms with Gasteiger partial charge in [0.1, 0.15) is 11.8 Å². The summed E-state index contributed by atoms with van der Waals surface area (Å²) in [6.45, 7) is 3.11. The Morgan fingerprint density at radius 3 is 2.84 bits per heavy atom. The lowest BCUT2D eigenvalue weighted by molar-refractivity contribution is -0.139. The molecule has 1 rings (SSSR count). The van der Waals surface area contributed by atoms with Crippen LogP contribution in [0.4, 0.5) is 5.69 Å². The van der Waals surface area contributed by atoms with E-state index in [1.54, 1.807) is 7.11 Å². The highest BCUT2D eigenvalue weighted by Crippen LogP contribution is 2.19. The average molecular weight is 266 g/mol. The molecular weight excluding hydrogens is 244 g/mol. The number of methoxy groups -OCH3 is 1. The molecule has 1 aromatic carbocycles. The van der Waals surface area contributed by atoms with Crippen LogP contribution in [0, 0.1) is 0 Å². The van der Waals surface area contributed by atoms with Crippen molar-refractivity contribution in [2.75, 3.05) is 32.1 Å². The summed E-state index contributed by atoms with van der Waals surface area (Å²) >= 11 is 0. The summed E-state index contributed by atoms with van der Waals surface area (Å²) < 4.78 is 5.16. The van der Waals surface area contributed by atoms with Crippen LogP contribution in [-0.2, 0) is 4.79 Å². The maximum absolute atomic E-state index is 11.2. The Hall–Kier alpha value is -1.75. The van der Waals surface area contributed by atoms with Crippen LogP contribution in [0.2, 0.25) is 0 Å². The monoisotopic (exact) mass is 266 g/mol. The lowest BCUT2D eigenvalue weighted by atomic mass is 10.2. The van der Waals surface area contributed by atoms with Gasteiger partial charge in [-0.2, -0.15) is 0 Å². The highest BCUT2D eigenvalue weighted by Gasteiger charge is 2.18. The molecule has 0 radical (unpaired) electrons. The van der Waals surface area contributed by atoms with Crippen molar-refractivity contribution in [3.8, 4) is 5.75 Å². The lowest BCUT2D eigenvalue weighted by Gasteiger charge is -2.24. The summed E-state index contributed by atoms with van der Waals surface area (Å²) in [4.78, 5) is 13.1. The molecule has 0 spiro atoms. The van der Waals surface area contributed by atoms with Gasteiger partial charge in [-0.1, -0.05) is 13.0 Å². The van der Waals surface area contributed by atoms with E-state index >= 15 is 0 Å². The number of hydrogen-bond acceptors (Lipinski definition) is 4. The number of anilines is 1. The third-order valence-electron chi connectivity index (χ3n) is 2.89. The molecule has 0 amide bonds. The Kier molecular flexibility index (Phi) is 6.15.